The zero-order chi connectivity index (χ0) is 23.8. The van der Waals surface area contributed by atoms with Crippen LogP contribution in [0.1, 0.15) is 15.2 Å². The zero-order valence-corrected chi connectivity index (χ0v) is 21.8. The first-order valence-corrected chi connectivity index (χ1v) is 12.8. The number of fused-ring (bicyclic) bond motifs is 1. The number of nitrogen functional groups attached to an aromatic ring is 1. The number of carbonyl (C=O) groups excluding carboxylic acids is 1. The summed E-state index contributed by atoms with van der Waals surface area (Å²) >= 11 is 9.69. The van der Waals surface area contributed by atoms with Crippen LogP contribution in [0, 0.1) is 10.5 Å². The van der Waals surface area contributed by atoms with Crippen molar-refractivity contribution in [2.45, 2.75) is 6.92 Å². The van der Waals surface area contributed by atoms with E-state index in [0.29, 0.717) is 20.4 Å². The van der Waals surface area contributed by atoms with E-state index in [2.05, 4.69) is 27.9 Å². The van der Waals surface area contributed by atoms with Crippen LogP contribution < -0.4 is 11.1 Å². The van der Waals surface area contributed by atoms with Crippen LogP contribution in [0.4, 0.5) is 11.4 Å². The molecule has 0 aliphatic carbocycles. The predicted molar refractivity (Wildman–Crippen MR) is 152 cm³/mol. The molecular weight excluding hydrogens is 577 g/mol. The van der Waals surface area contributed by atoms with E-state index >= 15 is 0 Å². The smallest absolute Gasteiger partial charge is 0.267 e. The Labute approximate surface area is 219 Å². The van der Waals surface area contributed by atoms with Gasteiger partial charge in [0.15, 0.2) is 0 Å². The van der Waals surface area contributed by atoms with Crippen LogP contribution >= 0.6 is 45.5 Å². The Kier molecular flexibility index (Phi) is 6.29. The van der Waals surface area contributed by atoms with Crippen molar-refractivity contribution in [1.82, 2.24) is 4.98 Å². The third kappa shape index (κ3) is 4.41. The van der Waals surface area contributed by atoms with Crippen LogP contribution in [-0.4, -0.2) is 10.9 Å². The molecular formula is C27H19ClIN3OS. The second kappa shape index (κ2) is 9.37. The first-order chi connectivity index (χ1) is 16.4. The number of anilines is 2. The Hall–Kier alpha value is -2.94. The van der Waals surface area contributed by atoms with Crippen LogP contribution in [0.2, 0.25) is 5.02 Å². The van der Waals surface area contributed by atoms with E-state index in [4.69, 9.17) is 22.3 Å². The number of benzene rings is 3. The lowest BCUT2D eigenvalue weighted by Gasteiger charge is -2.10. The molecule has 168 valence electrons. The summed E-state index contributed by atoms with van der Waals surface area (Å²) in [6.45, 7) is 1.97. The fraction of sp³-hybridized carbons (Fsp3) is 0.0370. The second-order valence-corrected chi connectivity index (χ2v) is 10.5. The molecule has 34 heavy (non-hydrogen) atoms. The number of aryl methyl sites for hydroxylation is 1. The molecule has 4 nitrogen and oxygen atoms in total. The SMILES string of the molecule is Cc1cc(I)ccc1NC(=O)c1sc2nc(-c3ccccc3)cc(-c3ccc(Cl)cc3)c2c1N. The highest BCUT2D eigenvalue weighted by atomic mass is 127. The third-order valence-corrected chi connectivity index (χ3v) is 7.59. The van der Waals surface area contributed by atoms with Gasteiger partial charge in [0, 0.05) is 25.2 Å². The number of hydrogen-bond donors (Lipinski definition) is 2. The minimum atomic E-state index is -0.242. The molecule has 0 unspecified atom stereocenters. The molecule has 7 heteroatoms. The molecule has 0 bridgehead atoms. The Morgan fingerprint density at radius 2 is 1.74 bits per heavy atom. The van der Waals surface area contributed by atoms with Crippen molar-refractivity contribution >= 4 is 73.0 Å². The summed E-state index contributed by atoms with van der Waals surface area (Å²) in [4.78, 5) is 19.3. The largest absolute Gasteiger partial charge is 0.397 e. The predicted octanol–water partition coefficient (Wildman–Crippen LogP) is 8.03. The molecule has 2 aromatic heterocycles. The second-order valence-electron chi connectivity index (χ2n) is 7.87. The normalized spacial score (nSPS) is 11.0. The van der Waals surface area contributed by atoms with Gasteiger partial charge in [-0.05, 0) is 82.6 Å². The highest BCUT2D eigenvalue weighted by molar-refractivity contribution is 14.1. The van der Waals surface area contributed by atoms with E-state index in [1.165, 1.54) is 11.3 Å². The Balaban J connectivity index is 1.66. The van der Waals surface area contributed by atoms with Gasteiger partial charge in [0.25, 0.3) is 5.91 Å². The quantitative estimate of drug-likeness (QED) is 0.207. The van der Waals surface area contributed by atoms with Gasteiger partial charge in [0.1, 0.15) is 9.71 Å². The lowest BCUT2D eigenvalue weighted by atomic mass is 9.99. The summed E-state index contributed by atoms with van der Waals surface area (Å²) in [5, 5.41) is 4.44. The third-order valence-electron chi connectivity index (χ3n) is 5.57. The first-order valence-electron chi connectivity index (χ1n) is 10.5. The summed E-state index contributed by atoms with van der Waals surface area (Å²) in [6.07, 6.45) is 0. The molecule has 3 N–H and O–H groups in total. The number of carbonyl (C=O) groups is 1. The zero-order valence-electron chi connectivity index (χ0n) is 18.1. The standard InChI is InChI=1S/C27H19ClIN3OS/c1-15-13-19(29)11-12-21(15)31-26(33)25-24(30)23-20(16-7-9-18(28)10-8-16)14-22(32-27(23)34-25)17-5-3-2-4-6-17/h2-14H,30H2,1H3,(H,31,33). The molecule has 0 atom stereocenters. The summed E-state index contributed by atoms with van der Waals surface area (Å²) in [5.41, 5.74) is 12.5. The maximum Gasteiger partial charge on any atom is 0.267 e. The van der Waals surface area contributed by atoms with Gasteiger partial charge in [-0.2, -0.15) is 0 Å². The number of hydrogen-bond acceptors (Lipinski definition) is 4. The topological polar surface area (TPSA) is 68.0 Å². The number of thiophene rings is 1. The molecule has 1 amide bonds. The van der Waals surface area contributed by atoms with Crippen LogP contribution in [0.3, 0.4) is 0 Å². The van der Waals surface area contributed by atoms with Crippen molar-refractivity contribution in [3.8, 4) is 22.4 Å². The lowest BCUT2D eigenvalue weighted by molar-refractivity contribution is 0.103. The van der Waals surface area contributed by atoms with E-state index in [0.717, 1.165) is 42.6 Å². The molecule has 0 radical (unpaired) electrons. The average molecular weight is 596 g/mol. The van der Waals surface area contributed by atoms with Gasteiger partial charge >= 0.3 is 0 Å². The van der Waals surface area contributed by atoms with Crippen molar-refractivity contribution < 1.29 is 4.79 Å². The molecule has 5 rings (SSSR count). The monoisotopic (exact) mass is 595 g/mol. The first kappa shape index (κ1) is 22.8. The van der Waals surface area contributed by atoms with Gasteiger partial charge in [-0.15, -0.1) is 11.3 Å². The highest BCUT2D eigenvalue weighted by Crippen LogP contribution is 2.41. The molecule has 0 spiro atoms. The molecule has 0 saturated heterocycles. The summed E-state index contributed by atoms with van der Waals surface area (Å²) in [6, 6.07) is 25.5. The summed E-state index contributed by atoms with van der Waals surface area (Å²) < 4.78 is 1.11. The van der Waals surface area contributed by atoms with Gasteiger partial charge in [0.2, 0.25) is 0 Å². The van der Waals surface area contributed by atoms with Crippen LogP contribution in [0.25, 0.3) is 32.6 Å². The maximum atomic E-state index is 13.3. The number of amides is 1. The summed E-state index contributed by atoms with van der Waals surface area (Å²) in [5.74, 6) is -0.242. The van der Waals surface area contributed by atoms with Crippen LogP contribution in [0.5, 0.6) is 0 Å². The number of rotatable bonds is 4. The molecule has 0 saturated carbocycles. The van der Waals surface area contributed by atoms with Crippen molar-refractivity contribution in [3.05, 3.63) is 97.9 Å². The molecule has 0 aliphatic rings. The Morgan fingerprint density at radius 1 is 1.00 bits per heavy atom. The number of nitrogens with zero attached hydrogens (tertiary/aromatic N) is 1. The van der Waals surface area contributed by atoms with Gasteiger partial charge in [-0.3, -0.25) is 4.79 Å². The van der Waals surface area contributed by atoms with Crippen molar-refractivity contribution in [1.29, 1.82) is 0 Å². The van der Waals surface area contributed by atoms with Crippen molar-refractivity contribution in [2.24, 2.45) is 0 Å². The van der Waals surface area contributed by atoms with Gasteiger partial charge in [0.05, 0.1) is 11.4 Å². The molecule has 0 fully saturated rings. The minimum Gasteiger partial charge on any atom is -0.397 e. The molecule has 0 aliphatic heterocycles. The molecule has 2 heterocycles. The van der Waals surface area contributed by atoms with Crippen molar-refractivity contribution in [2.75, 3.05) is 11.1 Å². The van der Waals surface area contributed by atoms with E-state index < -0.39 is 0 Å². The number of nitrogens with one attached hydrogen (secondary N) is 1. The van der Waals surface area contributed by atoms with Crippen LogP contribution in [-0.2, 0) is 0 Å². The average Bonchev–Trinajstić information content (AvgIpc) is 3.18. The van der Waals surface area contributed by atoms with Gasteiger partial charge < -0.3 is 11.1 Å². The minimum absolute atomic E-state index is 0.242. The number of nitrogens with two attached hydrogens (primary N) is 1. The van der Waals surface area contributed by atoms with E-state index in [1.54, 1.807) is 0 Å². The van der Waals surface area contributed by atoms with E-state index in [1.807, 2.05) is 85.8 Å². The molecule has 5 aromatic rings. The Bertz CT molecular complexity index is 1530. The Morgan fingerprint density at radius 3 is 2.44 bits per heavy atom. The fourth-order valence-corrected chi connectivity index (χ4v) is 5.64. The highest BCUT2D eigenvalue weighted by Gasteiger charge is 2.22. The number of aromatic nitrogens is 1. The van der Waals surface area contributed by atoms with Gasteiger partial charge in [-0.1, -0.05) is 54.1 Å². The number of halogens is 2. The molecule has 3 aromatic carbocycles. The van der Waals surface area contributed by atoms with Crippen molar-refractivity contribution in [3.63, 3.8) is 0 Å². The number of pyridine rings is 1. The summed E-state index contributed by atoms with van der Waals surface area (Å²) in [7, 11) is 0. The van der Waals surface area contributed by atoms with Crippen LogP contribution in [0.15, 0.2) is 78.9 Å². The lowest BCUT2D eigenvalue weighted by Crippen LogP contribution is -2.12. The van der Waals surface area contributed by atoms with Gasteiger partial charge in [-0.25, -0.2) is 4.98 Å². The fourth-order valence-electron chi connectivity index (χ4n) is 3.85. The van der Waals surface area contributed by atoms with E-state index in [9.17, 15) is 4.79 Å². The van der Waals surface area contributed by atoms with E-state index in [-0.39, 0.29) is 5.91 Å². The maximum absolute atomic E-state index is 13.3.